The van der Waals surface area contributed by atoms with Gasteiger partial charge in [-0.25, -0.2) is 12.8 Å². The zero-order valence-corrected chi connectivity index (χ0v) is 17.4. The summed E-state index contributed by atoms with van der Waals surface area (Å²) in [5.74, 6) is -0.653. The number of nitrogens with one attached hydrogen (secondary N) is 1. The largest absolute Gasteiger partial charge is 0.495 e. The number of benzene rings is 2. The van der Waals surface area contributed by atoms with E-state index in [1.807, 2.05) is 0 Å². The van der Waals surface area contributed by atoms with E-state index in [2.05, 4.69) is 5.32 Å². The topological polar surface area (TPSA) is 109 Å². The Hall–Kier alpha value is -3.11. The maximum atomic E-state index is 13.4. The Bertz CT molecular complexity index is 1190. The zero-order chi connectivity index (χ0) is 22.1. The average Bonchev–Trinajstić information content (AvgIpc) is 3.10. The van der Waals surface area contributed by atoms with Gasteiger partial charge in [0.05, 0.1) is 37.5 Å². The van der Waals surface area contributed by atoms with Crippen LogP contribution in [0.5, 0.6) is 5.75 Å². The zero-order valence-electron chi connectivity index (χ0n) is 16.6. The molecule has 1 heterocycles. The van der Waals surface area contributed by atoms with Crippen LogP contribution in [0.15, 0.2) is 40.8 Å². The number of anilines is 1. The van der Waals surface area contributed by atoms with E-state index in [1.54, 1.807) is 6.07 Å². The number of carbonyl (C=O) groups is 1. The number of hydrogen-bond acceptors (Lipinski definition) is 6. The van der Waals surface area contributed by atoms with Crippen LogP contribution in [0.4, 0.5) is 10.1 Å². The molecule has 0 unspecified atom stereocenters. The second-order valence-corrected chi connectivity index (χ2v) is 8.35. The number of amides is 1. The predicted molar refractivity (Wildman–Crippen MR) is 111 cm³/mol. The van der Waals surface area contributed by atoms with Gasteiger partial charge < -0.3 is 19.6 Å². The van der Waals surface area contributed by atoms with Crippen LogP contribution in [0.2, 0.25) is 0 Å². The van der Waals surface area contributed by atoms with Crippen molar-refractivity contribution in [3.63, 3.8) is 0 Å². The van der Waals surface area contributed by atoms with Crippen molar-refractivity contribution in [1.82, 2.24) is 5.32 Å². The molecule has 3 aromatic rings. The van der Waals surface area contributed by atoms with Crippen LogP contribution in [-0.4, -0.2) is 53.0 Å². The lowest BCUT2D eigenvalue weighted by atomic mass is 10.0. The molecule has 160 valence electrons. The molecule has 0 fully saturated rings. The van der Waals surface area contributed by atoms with Crippen molar-refractivity contribution in [3.05, 3.63) is 47.8 Å². The van der Waals surface area contributed by atoms with Crippen molar-refractivity contribution in [2.45, 2.75) is 0 Å². The summed E-state index contributed by atoms with van der Waals surface area (Å²) >= 11 is 0. The third-order valence-corrected chi connectivity index (χ3v) is 5.69. The molecule has 0 aliphatic carbocycles. The van der Waals surface area contributed by atoms with Crippen LogP contribution in [0.1, 0.15) is 10.4 Å². The van der Waals surface area contributed by atoms with Gasteiger partial charge in [-0.3, -0.25) is 9.10 Å². The fraction of sp³-hybridized carbons (Fsp3) is 0.250. The minimum Gasteiger partial charge on any atom is -0.495 e. The first kappa shape index (κ1) is 21.6. The van der Waals surface area contributed by atoms with Gasteiger partial charge in [0.2, 0.25) is 10.0 Å². The highest BCUT2D eigenvalue weighted by Gasteiger charge is 2.30. The van der Waals surface area contributed by atoms with Crippen LogP contribution < -0.4 is 14.4 Å². The molecule has 10 heteroatoms. The Morgan fingerprint density at radius 3 is 2.43 bits per heavy atom. The van der Waals surface area contributed by atoms with E-state index >= 15 is 0 Å². The van der Waals surface area contributed by atoms with E-state index in [0.29, 0.717) is 5.56 Å². The number of nitrogens with zero attached hydrogens (tertiary/aromatic N) is 1. The summed E-state index contributed by atoms with van der Waals surface area (Å²) in [7, 11) is -1.05. The van der Waals surface area contributed by atoms with Crippen LogP contribution >= 0.6 is 0 Å². The molecule has 1 amide bonds. The van der Waals surface area contributed by atoms with Gasteiger partial charge in [-0.2, -0.15) is 0 Å². The van der Waals surface area contributed by atoms with Gasteiger partial charge in [0.1, 0.15) is 28.6 Å². The van der Waals surface area contributed by atoms with Gasteiger partial charge in [0, 0.05) is 12.6 Å². The first-order valence-electron chi connectivity index (χ1n) is 8.93. The predicted octanol–water partition coefficient (Wildman–Crippen LogP) is 2.37. The second kappa shape index (κ2) is 8.33. The Kier molecular flexibility index (Phi) is 5.99. The molecule has 2 aromatic carbocycles. The standard InChI is InChI=1S/C20H21FN2O6S/c1-22-20(25)17-16-14(29-19(17)12-4-6-13(21)7-5-12)8-9-15(28-2)18(16)23(10-11-24)30(3,26)27/h4-9,24H,10-11H2,1-3H3,(H,22,25). The number of aliphatic hydroxyl groups excluding tert-OH is 1. The number of methoxy groups -OCH3 is 1. The maximum absolute atomic E-state index is 13.4. The van der Waals surface area contributed by atoms with Crippen LogP contribution in [0.3, 0.4) is 0 Å². The molecular weight excluding hydrogens is 415 g/mol. The van der Waals surface area contributed by atoms with Crippen LogP contribution in [-0.2, 0) is 10.0 Å². The summed E-state index contributed by atoms with van der Waals surface area (Å²) in [5.41, 5.74) is 0.807. The molecule has 30 heavy (non-hydrogen) atoms. The summed E-state index contributed by atoms with van der Waals surface area (Å²) in [6.45, 7) is -0.705. The number of rotatable bonds is 7. The van der Waals surface area contributed by atoms with E-state index in [9.17, 15) is 22.7 Å². The van der Waals surface area contributed by atoms with Gasteiger partial charge >= 0.3 is 0 Å². The van der Waals surface area contributed by atoms with Crippen molar-refractivity contribution in [1.29, 1.82) is 0 Å². The second-order valence-electron chi connectivity index (χ2n) is 6.44. The summed E-state index contributed by atoms with van der Waals surface area (Å²) in [4.78, 5) is 12.8. The highest BCUT2D eigenvalue weighted by molar-refractivity contribution is 7.92. The van der Waals surface area contributed by atoms with Gasteiger partial charge in [0.15, 0.2) is 0 Å². The lowest BCUT2D eigenvalue weighted by Gasteiger charge is -2.24. The van der Waals surface area contributed by atoms with Gasteiger partial charge in [-0.15, -0.1) is 0 Å². The van der Waals surface area contributed by atoms with Crippen molar-refractivity contribution in [3.8, 4) is 17.1 Å². The van der Waals surface area contributed by atoms with Crippen molar-refractivity contribution in [2.75, 3.05) is 37.9 Å². The highest BCUT2D eigenvalue weighted by Crippen LogP contribution is 2.44. The lowest BCUT2D eigenvalue weighted by molar-refractivity contribution is 0.0964. The van der Waals surface area contributed by atoms with Gasteiger partial charge in [-0.05, 0) is 36.4 Å². The molecule has 8 nitrogen and oxygen atoms in total. The minimum absolute atomic E-state index is 0.0691. The quantitative estimate of drug-likeness (QED) is 0.589. The Balaban J connectivity index is 2.46. The number of ether oxygens (including phenoxy) is 1. The number of fused-ring (bicyclic) bond motifs is 1. The first-order chi connectivity index (χ1) is 14.2. The van der Waals surface area contributed by atoms with Crippen molar-refractivity contribution in [2.24, 2.45) is 0 Å². The third kappa shape index (κ3) is 3.83. The van der Waals surface area contributed by atoms with E-state index in [0.717, 1.165) is 10.6 Å². The number of hydrogen-bond donors (Lipinski definition) is 2. The fourth-order valence-electron chi connectivity index (χ4n) is 3.25. The Morgan fingerprint density at radius 2 is 1.90 bits per heavy atom. The average molecular weight is 436 g/mol. The van der Waals surface area contributed by atoms with Crippen LogP contribution in [0, 0.1) is 5.82 Å². The maximum Gasteiger partial charge on any atom is 0.255 e. The molecule has 0 saturated heterocycles. The minimum atomic E-state index is -3.84. The normalized spacial score (nSPS) is 11.5. The fourth-order valence-corrected chi connectivity index (χ4v) is 4.17. The van der Waals surface area contributed by atoms with E-state index in [-0.39, 0.29) is 40.3 Å². The number of furan rings is 1. The molecule has 1 aromatic heterocycles. The molecule has 0 atom stereocenters. The molecule has 0 aliphatic rings. The number of carbonyl (C=O) groups excluding carboxylic acids is 1. The smallest absolute Gasteiger partial charge is 0.255 e. The third-order valence-electron chi connectivity index (χ3n) is 4.53. The van der Waals surface area contributed by atoms with Gasteiger partial charge in [0.25, 0.3) is 5.91 Å². The van der Waals surface area contributed by atoms with E-state index in [4.69, 9.17) is 9.15 Å². The van der Waals surface area contributed by atoms with Crippen LogP contribution in [0.25, 0.3) is 22.3 Å². The summed E-state index contributed by atoms with van der Waals surface area (Å²) in [5, 5.41) is 12.2. The molecule has 0 bridgehead atoms. The monoisotopic (exact) mass is 436 g/mol. The Morgan fingerprint density at radius 1 is 1.23 bits per heavy atom. The lowest BCUT2D eigenvalue weighted by Crippen LogP contribution is -2.33. The molecule has 0 saturated carbocycles. The van der Waals surface area contributed by atoms with E-state index < -0.39 is 28.4 Å². The summed E-state index contributed by atoms with van der Waals surface area (Å²) < 4.78 is 50.6. The molecule has 0 aliphatic heterocycles. The van der Waals surface area contributed by atoms with E-state index in [1.165, 1.54) is 44.5 Å². The number of halogens is 1. The number of sulfonamides is 1. The highest BCUT2D eigenvalue weighted by atomic mass is 32.2. The van der Waals surface area contributed by atoms with Crippen molar-refractivity contribution < 1.29 is 31.9 Å². The van der Waals surface area contributed by atoms with Crippen molar-refractivity contribution >= 4 is 32.6 Å². The molecule has 0 radical (unpaired) electrons. The summed E-state index contributed by atoms with van der Waals surface area (Å²) in [6.07, 6.45) is 0.988. The van der Waals surface area contributed by atoms with Gasteiger partial charge in [-0.1, -0.05) is 0 Å². The molecular formula is C20H21FN2O6S. The molecule has 3 rings (SSSR count). The molecule has 0 spiro atoms. The summed E-state index contributed by atoms with van der Waals surface area (Å²) in [6, 6.07) is 8.44. The SMILES string of the molecule is CNC(=O)c1c(-c2ccc(F)cc2)oc2ccc(OC)c(N(CCO)S(C)(=O)=O)c12. The molecule has 2 N–H and O–H groups in total. The number of aliphatic hydroxyl groups is 1. The Labute approximate surface area is 172 Å². The first-order valence-corrected chi connectivity index (χ1v) is 10.8.